The molecule has 6 N–H and O–H groups in total. The number of rotatable bonds is 9. The van der Waals surface area contributed by atoms with Gasteiger partial charge in [0.25, 0.3) is 5.91 Å². The number of anilines is 2. The summed E-state index contributed by atoms with van der Waals surface area (Å²) >= 11 is 11.8. The summed E-state index contributed by atoms with van der Waals surface area (Å²) in [4.78, 5) is 27.0. The third-order valence-corrected chi connectivity index (χ3v) is 5.77. The van der Waals surface area contributed by atoms with Gasteiger partial charge in [-0.25, -0.2) is 9.98 Å². The number of aromatic nitrogens is 3. The summed E-state index contributed by atoms with van der Waals surface area (Å²) in [5.41, 5.74) is 16.1. The number of fused-ring (bicyclic) bond motifs is 1. The average Bonchev–Trinajstić information content (AvgIpc) is 3.41. The van der Waals surface area contributed by atoms with Crippen molar-refractivity contribution < 1.29 is 4.79 Å². The van der Waals surface area contributed by atoms with E-state index in [4.69, 9.17) is 34.7 Å². The molecule has 2 aromatic carbocycles. The third-order valence-electron chi connectivity index (χ3n) is 5.43. The molecule has 9 nitrogen and oxygen atoms in total. The van der Waals surface area contributed by atoms with E-state index in [1.165, 1.54) is 0 Å². The molecule has 2 aromatic heterocycles. The molecule has 0 saturated heterocycles. The number of H-pyrrole nitrogens is 1. The van der Waals surface area contributed by atoms with Gasteiger partial charge in [0, 0.05) is 55.0 Å². The van der Waals surface area contributed by atoms with Crippen molar-refractivity contribution in [1.29, 1.82) is 0 Å². The van der Waals surface area contributed by atoms with Crippen LogP contribution in [0.15, 0.2) is 59.7 Å². The molecule has 0 bridgehead atoms. The summed E-state index contributed by atoms with van der Waals surface area (Å²) in [7, 11) is 1.88. The highest BCUT2D eigenvalue weighted by Gasteiger charge is 2.13. The topological polar surface area (TPSA) is 130 Å². The molecule has 0 unspecified atom stereocenters. The van der Waals surface area contributed by atoms with E-state index >= 15 is 0 Å². The van der Waals surface area contributed by atoms with Gasteiger partial charge in [-0.15, -0.1) is 48.0 Å². The van der Waals surface area contributed by atoms with Gasteiger partial charge in [0.15, 0.2) is 11.8 Å². The number of hydrogen-bond acceptors (Lipinski definition) is 4. The number of benzene rings is 2. The summed E-state index contributed by atoms with van der Waals surface area (Å²) in [6.07, 6.45) is 1.80. The Morgan fingerprint density at radius 3 is 2.38 bits per heavy atom. The second kappa shape index (κ2) is 13.4. The smallest absolute Gasteiger partial charge is 0.255 e. The van der Waals surface area contributed by atoms with Crippen LogP contribution >= 0.6 is 48.0 Å². The van der Waals surface area contributed by atoms with E-state index < -0.39 is 0 Å². The van der Waals surface area contributed by atoms with Crippen molar-refractivity contribution in [2.45, 2.75) is 0 Å². The van der Waals surface area contributed by atoms with Gasteiger partial charge < -0.3 is 31.2 Å². The molecule has 1 amide bonds. The first-order valence-corrected chi connectivity index (χ1v) is 12.0. The highest BCUT2D eigenvalue weighted by molar-refractivity contribution is 6.18. The number of aromatic amines is 1. The highest BCUT2D eigenvalue weighted by atomic mass is 35.5. The van der Waals surface area contributed by atoms with E-state index in [1.807, 2.05) is 48.0 Å². The number of carbonyl (C=O) groups is 1. The van der Waals surface area contributed by atoms with Gasteiger partial charge in [-0.1, -0.05) is 0 Å². The van der Waals surface area contributed by atoms with Gasteiger partial charge >= 0.3 is 0 Å². The molecule has 0 atom stereocenters. The zero-order chi connectivity index (χ0) is 24.9. The number of aryl methyl sites for hydroxylation is 1. The van der Waals surface area contributed by atoms with Crippen LogP contribution in [0.25, 0.3) is 22.6 Å². The van der Waals surface area contributed by atoms with Crippen LogP contribution in [0, 0.1) is 0 Å². The minimum Gasteiger partial charge on any atom is -0.370 e. The molecule has 0 saturated carbocycles. The minimum atomic E-state index is -0.219. The van der Waals surface area contributed by atoms with Crippen molar-refractivity contribution in [3.63, 3.8) is 0 Å². The number of halogens is 4. The first-order valence-electron chi connectivity index (χ1n) is 10.9. The van der Waals surface area contributed by atoms with Crippen LogP contribution in [-0.4, -0.2) is 51.3 Å². The Balaban J connectivity index is 0.00000241. The largest absolute Gasteiger partial charge is 0.370 e. The van der Waals surface area contributed by atoms with Gasteiger partial charge in [0.1, 0.15) is 0 Å². The summed E-state index contributed by atoms with van der Waals surface area (Å²) in [6.45, 7) is 1.40. The van der Waals surface area contributed by atoms with Crippen LogP contribution < -0.4 is 21.7 Å². The lowest BCUT2D eigenvalue weighted by atomic mass is 10.2. The van der Waals surface area contributed by atoms with Crippen LogP contribution in [0.2, 0.25) is 0 Å². The molecular formula is C24H28Cl4N8O. The SMILES string of the molecule is Cl.Cl.Cn1cc(N=C(N)N)cc1-c1nc2ccc(C(=O)Nc3ccc(N(CCCl)CCCl)cc3)cc2[nH]1. The lowest BCUT2D eigenvalue weighted by Gasteiger charge is -2.23. The monoisotopic (exact) mass is 584 g/mol. The maximum Gasteiger partial charge on any atom is 0.255 e. The molecule has 13 heteroatoms. The molecule has 0 aliphatic carbocycles. The molecule has 4 aromatic rings. The molecule has 0 radical (unpaired) electrons. The Labute approximate surface area is 237 Å². The highest BCUT2D eigenvalue weighted by Crippen LogP contribution is 2.26. The molecule has 0 fully saturated rings. The van der Waals surface area contributed by atoms with Crippen molar-refractivity contribution in [2.24, 2.45) is 23.5 Å². The second-order valence-electron chi connectivity index (χ2n) is 7.91. The third kappa shape index (κ3) is 7.23. The van der Waals surface area contributed by atoms with E-state index in [9.17, 15) is 4.79 Å². The fraction of sp³-hybridized carbons (Fsp3) is 0.208. The quantitative estimate of drug-likeness (QED) is 0.127. The average molecular weight is 586 g/mol. The summed E-state index contributed by atoms with van der Waals surface area (Å²) < 4.78 is 1.87. The van der Waals surface area contributed by atoms with Crippen molar-refractivity contribution in [1.82, 2.24) is 14.5 Å². The number of amides is 1. The minimum absolute atomic E-state index is 0. The van der Waals surface area contributed by atoms with Gasteiger partial charge in [-0.3, -0.25) is 4.79 Å². The predicted octanol–water partition coefficient (Wildman–Crippen LogP) is 4.85. The molecular weight excluding hydrogens is 558 g/mol. The zero-order valence-electron chi connectivity index (χ0n) is 19.9. The number of guanidine groups is 1. The van der Waals surface area contributed by atoms with E-state index in [0.717, 1.165) is 22.4 Å². The molecule has 4 rings (SSSR count). The number of nitrogens with one attached hydrogen (secondary N) is 2. The Kier molecular flexibility index (Phi) is 10.9. The summed E-state index contributed by atoms with van der Waals surface area (Å²) in [5.74, 6) is 1.43. The van der Waals surface area contributed by atoms with E-state index in [0.29, 0.717) is 47.6 Å². The Morgan fingerprint density at radius 2 is 1.76 bits per heavy atom. The normalized spacial score (nSPS) is 10.4. The van der Waals surface area contributed by atoms with Gasteiger partial charge in [-0.2, -0.15) is 0 Å². The van der Waals surface area contributed by atoms with Crippen molar-refractivity contribution in [3.8, 4) is 11.5 Å². The van der Waals surface area contributed by atoms with Gasteiger partial charge in [-0.05, 0) is 48.5 Å². The number of hydrogen-bond donors (Lipinski definition) is 4. The molecule has 198 valence electrons. The summed E-state index contributed by atoms with van der Waals surface area (Å²) in [5, 5.41) is 2.94. The van der Waals surface area contributed by atoms with E-state index in [-0.39, 0.29) is 36.7 Å². The second-order valence-corrected chi connectivity index (χ2v) is 8.67. The van der Waals surface area contributed by atoms with Crippen molar-refractivity contribution in [2.75, 3.05) is 35.1 Å². The fourth-order valence-corrected chi connectivity index (χ4v) is 4.21. The van der Waals surface area contributed by atoms with Gasteiger partial charge in [0.05, 0.1) is 22.4 Å². The standard InChI is InChI=1S/C24H26Cl2N8O.2ClH/c1-33-14-17(30-24(27)28)13-21(33)22-31-19-7-2-15(12-20(19)32-22)23(35)29-16-3-5-18(6-4-16)34(10-8-25)11-9-26;;/h2-7,12-14H,8-11H2,1H3,(H,29,35)(H,31,32)(H4,27,28,30);2*1H. The van der Waals surface area contributed by atoms with Gasteiger partial charge in [0.2, 0.25) is 0 Å². The van der Waals surface area contributed by atoms with Crippen LogP contribution in [0.3, 0.4) is 0 Å². The number of imidazole rings is 1. The van der Waals surface area contributed by atoms with Crippen molar-refractivity contribution in [3.05, 3.63) is 60.3 Å². The molecule has 0 spiro atoms. The molecule has 37 heavy (non-hydrogen) atoms. The number of alkyl halides is 2. The maximum absolute atomic E-state index is 12.9. The van der Waals surface area contributed by atoms with Crippen LogP contribution in [0.4, 0.5) is 17.1 Å². The zero-order valence-corrected chi connectivity index (χ0v) is 23.1. The van der Waals surface area contributed by atoms with E-state index in [2.05, 4.69) is 25.2 Å². The summed E-state index contributed by atoms with van der Waals surface area (Å²) in [6, 6.07) is 14.8. The number of nitrogens with zero attached hydrogens (tertiary/aromatic N) is 4. The van der Waals surface area contributed by atoms with Crippen LogP contribution in [0.5, 0.6) is 0 Å². The van der Waals surface area contributed by atoms with E-state index in [1.54, 1.807) is 18.3 Å². The van der Waals surface area contributed by atoms with Crippen molar-refractivity contribution >= 4 is 88.0 Å². The first kappa shape index (κ1) is 30.1. The lowest BCUT2D eigenvalue weighted by molar-refractivity contribution is 0.102. The molecule has 0 aliphatic rings. The molecule has 2 heterocycles. The number of aliphatic imine (C=N–C) groups is 1. The lowest BCUT2D eigenvalue weighted by Crippen LogP contribution is -2.27. The fourth-order valence-electron chi connectivity index (χ4n) is 3.80. The maximum atomic E-state index is 12.9. The number of nitrogens with two attached hydrogens (primary N) is 2. The Hall–Kier alpha value is -3.11. The first-order chi connectivity index (χ1) is 16.9. The number of carbonyl (C=O) groups excluding carboxylic acids is 1. The predicted molar refractivity (Wildman–Crippen MR) is 159 cm³/mol. The Bertz CT molecular complexity index is 1360. The van der Waals surface area contributed by atoms with Crippen LogP contribution in [-0.2, 0) is 7.05 Å². The Morgan fingerprint density at radius 1 is 1.08 bits per heavy atom. The molecule has 0 aliphatic heterocycles. The van der Waals surface area contributed by atoms with Crippen LogP contribution in [0.1, 0.15) is 10.4 Å².